The zero-order chi connectivity index (χ0) is 18.5. The number of para-hydroxylation sites is 1. The summed E-state index contributed by atoms with van der Waals surface area (Å²) in [5.41, 5.74) is 2.37. The van der Waals surface area contributed by atoms with Gasteiger partial charge in [0, 0.05) is 30.6 Å². The van der Waals surface area contributed by atoms with Crippen molar-refractivity contribution in [3.05, 3.63) is 65.5 Å². The second kappa shape index (κ2) is 7.91. The number of benzene rings is 2. The van der Waals surface area contributed by atoms with Gasteiger partial charge < -0.3 is 10.2 Å². The van der Waals surface area contributed by atoms with Crippen molar-refractivity contribution >= 4 is 23.3 Å². The zero-order valence-corrected chi connectivity index (χ0v) is 14.2. The molecule has 0 atom stereocenters. The van der Waals surface area contributed by atoms with Crippen LogP contribution in [-0.2, 0) is 16.0 Å². The highest BCUT2D eigenvalue weighted by molar-refractivity contribution is 6.00. The van der Waals surface area contributed by atoms with Gasteiger partial charge in [-0.05, 0) is 42.3 Å². The molecular weight excluding hydrogens is 335 g/mol. The molecular formula is C20H19FN2O3. The average molecular weight is 354 g/mol. The van der Waals surface area contributed by atoms with E-state index in [1.165, 1.54) is 24.3 Å². The topological polar surface area (TPSA) is 66.5 Å². The van der Waals surface area contributed by atoms with Crippen LogP contribution in [0.15, 0.2) is 48.5 Å². The van der Waals surface area contributed by atoms with Crippen LogP contribution in [0.3, 0.4) is 0 Å². The summed E-state index contributed by atoms with van der Waals surface area (Å²) in [4.78, 5) is 37.8. The lowest BCUT2D eigenvalue weighted by atomic mass is 10.1. The van der Waals surface area contributed by atoms with E-state index in [0.717, 1.165) is 17.7 Å². The fourth-order valence-corrected chi connectivity index (χ4v) is 2.96. The summed E-state index contributed by atoms with van der Waals surface area (Å²) >= 11 is 0. The van der Waals surface area contributed by atoms with Crippen LogP contribution in [0.2, 0.25) is 0 Å². The number of anilines is 1. The van der Waals surface area contributed by atoms with Crippen LogP contribution in [0.1, 0.15) is 28.8 Å². The third-order valence-corrected chi connectivity index (χ3v) is 4.37. The minimum atomic E-state index is -0.415. The first kappa shape index (κ1) is 17.8. The van der Waals surface area contributed by atoms with Gasteiger partial charge >= 0.3 is 0 Å². The van der Waals surface area contributed by atoms with Crippen LogP contribution in [0.5, 0.6) is 0 Å². The van der Waals surface area contributed by atoms with E-state index in [1.807, 2.05) is 24.3 Å². The van der Waals surface area contributed by atoms with Gasteiger partial charge in [-0.3, -0.25) is 14.4 Å². The number of nitrogens with one attached hydrogen (secondary N) is 1. The Morgan fingerprint density at radius 1 is 1.00 bits per heavy atom. The van der Waals surface area contributed by atoms with Crippen molar-refractivity contribution in [2.45, 2.75) is 19.3 Å². The largest absolute Gasteiger partial charge is 0.347 e. The van der Waals surface area contributed by atoms with Gasteiger partial charge in [0.1, 0.15) is 5.82 Å². The van der Waals surface area contributed by atoms with Gasteiger partial charge in [0.15, 0.2) is 5.78 Å². The van der Waals surface area contributed by atoms with E-state index >= 15 is 0 Å². The lowest BCUT2D eigenvalue weighted by molar-refractivity contribution is -0.124. The molecule has 1 N–H and O–H groups in total. The molecule has 0 saturated heterocycles. The Kier molecular flexibility index (Phi) is 5.41. The van der Waals surface area contributed by atoms with Gasteiger partial charge in [0.25, 0.3) is 0 Å². The number of carbonyl (C=O) groups is 3. The number of carbonyl (C=O) groups excluding carboxylic acids is 3. The molecule has 6 heteroatoms. The second-order valence-electron chi connectivity index (χ2n) is 6.13. The number of ketones is 1. The highest BCUT2D eigenvalue weighted by Gasteiger charge is 2.24. The van der Waals surface area contributed by atoms with E-state index < -0.39 is 5.82 Å². The average Bonchev–Trinajstić information content (AvgIpc) is 3.09. The molecule has 1 aliphatic rings. The maximum absolute atomic E-state index is 12.8. The van der Waals surface area contributed by atoms with Gasteiger partial charge in [-0.15, -0.1) is 0 Å². The summed E-state index contributed by atoms with van der Waals surface area (Å²) < 4.78 is 12.8. The fraction of sp³-hybridized carbons (Fsp3) is 0.250. The number of hydrogen-bond acceptors (Lipinski definition) is 3. The summed E-state index contributed by atoms with van der Waals surface area (Å²) in [5, 5.41) is 2.56. The number of hydrogen-bond donors (Lipinski definition) is 1. The van der Waals surface area contributed by atoms with Crippen molar-refractivity contribution in [3.8, 4) is 0 Å². The van der Waals surface area contributed by atoms with Crippen molar-refractivity contribution in [1.82, 2.24) is 5.32 Å². The summed E-state index contributed by atoms with van der Waals surface area (Å²) in [6.45, 7) is 0.509. The molecule has 3 rings (SSSR count). The van der Waals surface area contributed by atoms with E-state index in [0.29, 0.717) is 12.1 Å². The van der Waals surface area contributed by atoms with E-state index in [1.54, 1.807) is 4.90 Å². The molecule has 2 aromatic carbocycles. The first-order valence-electron chi connectivity index (χ1n) is 8.48. The van der Waals surface area contributed by atoms with Gasteiger partial charge in [0.2, 0.25) is 11.8 Å². The molecule has 0 aromatic heterocycles. The van der Waals surface area contributed by atoms with Crippen molar-refractivity contribution in [2.24, 2.45) is 0 Å². The number of rotatable bonds is 6. The van der Waals surface area contributed by atoms with E-state index in [2.05, 4.69) is 5.32 Å². The summed E-state index contributed by atoms with van der Waals surface area (Å²) in [7, 11) is 0. The summed E-state index contributed by atoms with van der Waals surface area (Å²) in [6.07, 6.45) is 0.806. The maximum Gasteiger partial charge on any atom is 0.246 e. The Hall–Kier alpha value is -3.02. The quantitative estimate of drug-likeness (QED) is 0.811. The monoisotopic (exact) mass is 354 g/mol. The first-order chi connectivity index (χ1) is 12.5. The SMILES string of the molecule is O=C(CCC(=O)c1ccc(F)cc1)NCC(=O)N1CCc2ccccc21. The Bertz CT molecular complexity index is 833. The predicted octanol–water partition coefficient (Wildman–Crippen LogP) is 2.49. The Morgan fingerprint density at radius 3 is 2.50 bits per heavy atom. The van der Waals surface area contributed by atoms with Gasteiger partial charge in [0.05, 0.1) is 6.54 Å². The van der Waals surface area contributed by atoms with Gasteiger partial charge in [-0.25, -0.2) is 4.39 Å². The molecule has 5 nitrogen and oxygen atoms in total. The standard InChI is InChI=1S/C20H19FN2O3/c21-16-7-5-15(6-8-16)18(24)9-10-19(25)22-13-20(26)23-12-11-14-3-1-2-4-17(14)23/h1-8H,9-13H2,(H,22,25). The van der Waals surface area contributed by atoms with Crippen molar-refractivity contribution in [1.29, 1.82) is 0 Å². The number of nitrogens with zero attached hydrogens (tertiary/aromatic N) is 1. The molecule has 0 radical (unpaired) electrons. The van der Waals surface area contributed by atoms with Crippen LogP contribution in [0, 0.1) is 5.82 Å². The predicted molar refractivity (Wildman–Crippen MR) is 95.5 cm³/mol. The molecule has 0 fully saturated rings. The molecule has 1 heterocycles. The molecule has 2 amide bonds. The third kappa shape index (κ3) is 4.14. The maximum atomic E-state index is 12.8. The highest BCUT2D eigenvalue weighted by atomic mass is 19.1. The summed E-state index contributed by atoms with van der Waals surface area (Å²) in [6, 6.07) is 12.9. The number of amides is 2. The molecule has 134 valence electrons. The molecule has 0 spiro atoms. The van der Waals surface area contributed by atoms with Crippen LogP contribution in [-0.4, -0.2) is 30.7 Å². The number of Topliss-reactive ketones (excluding diaryl/α,β-unsaturated/α-hetero) is 1. The number of fused-ring (bicyclic) bond motifs is 1. The molecule has 0 aliphatic carbocycles. The Labute approximate surface area is 150 Å². The van der Waals surface area contributed by atoms with Crippen molar-refractivity contribution in [3.63, 3.8) is 0 Å². The molecule has 1 aliphatic heterocycles. The van der Waals surface area contributed by atoms with Crippen LogP contribution >= 0.6 is 0 Å². The van der Waals surface area contributed by atoms with Crippen LogP contribution < -0.4 is 10.2 Å². The second-order valence-corrected chi connectivity index (χ2v) is 6.13. The Morgan fingerprint density at radius 2 is 1.73 bits per heavy atom. The summed E-state index contributed by atoms with van der Waals surface area (Å²) in [5.74, 6) is -1.18. The van der Waals surface area contributed by atoms with Crippen LogP contribution in [0.4, 0.5) is 10.1 Å². The first-order valence-corrected chi connectivity index (χ1v) is 8.48. The van der Waals surface area contributed by atoms with E-state index in [4.69, 9.17) is 0 Å². The molecule has 26 heavy (non-hydrogen) atoms. The Balaban J connectivity index is 1.45. The molecule has 0 unspecified atom stereocenters. The molecule has 2 aromatic rings. The number of halogens is 1. The van der Waals surface area contributed by atoms with Crippen molar-refractivity contribution in [2.75, 3.05) is 18.0 Å². The smallest absolute Gasteiger partial charge is 0.246 e. The van der Waals surface area contributed by atoms with Gasteiger partial charge in [-0.1, -0.05) is 18.2 Å². The zero-order valence-electron chi connectivity index (χ0n) is 14.2. The highest BCUT2D eigenvalue weighted by Crippen LogP contribution is 2.27. The minimum absolute atomic E-state index is 0.0121. The minimum Gasteiger partial charge on any atom is -0.347 e. The van der Waals surface area contributed by atoms with Crippen LogP contribution in [0.25, 0.3) is 0 Å². The third-order valence-electron chi connectivity index (χ3n) is 4.37. The van der Waals surface area contributed by atoms with E-state index in [-0.39, 0.29) is 37.0 Å². The lowest BCUT2D eigenvalue weighted by Crippen LogP contribution is -2.39. The van der Waals surface area contributed by atoms with Gasteiger partial charge in [-0.2, -0.15) is 0 Å². The van der Waals surface area contributed by atoms with Crippen molar-refractivity contribution < 1.29 is 18.8 Å². The van der Waals surface area contributed by atoms with E-state index in [9.17, 15) is 18.8 Å². The lowest BCUT2D eigenvalue weighted by Gasteiger charge is -2.17. The molecule has 0 saturated carbocycles. The normalized spacial score (nSPS) is 12.6. The molecule has 0 bridgehead atoms. The fourth-order valence-electron chi connectivity index (χ4n) is 2.96.